The lowest BCUT2D eigenvalue weighted by atomic mass is 10.2. The topological polar surface area (TPSA) is 132 Å². The number of nitrogens with one attached hydrogen (secondary N) is 1. The number of ether oxygens (including phenoxy) is 1. The molecule has 2 rings (SSSR count). The quantitative estimate of drug-likeness (QED) is 0.294. The van der Waals surface area contributed by atoms with Crippen LogP contribution in [0.15, 0.2) is 35.4 Å². The van der Waals surface area contributed by atoms with Crippen LogP contribution in [0.25, 0.3) is 0 Å². The lowest BCUT2D eigenvalue weighted by Crippen LogP contribution is -2.28. The molecule has 1 aromatic heterocycles. The predicted molar refractivity (Wildman–Crippen MR) is 93.6 cm³/mol. The fourth-order valence-corrected chi connectivity index (χ4v) is 2.09. The number of amidine groups is 1. The van der Waals surface area contributed by atoms with E-state index in [4.69, 9.17) is 16.3 Å². The highest BCUT2D eigenvalue weighted by atomic mass is 16.5. The molecule has 0 unspecified atom stereocenters. The lowest BCUT2D eigenvalue weighted by Gasteiger charge is -2.09. The molecule has 0 aliphatic heterocycles. The van der Waals surface area contributed by atoms with Crippen LogP contribution in [0, 0.1) is 6.92 Å². The summed E-state index contributed by atoms with van der Waals surface area (Å²) in [6, 6.07) is 8.89. The van der Waals surface area contributed by atoms with Crippen molar-refractivity contribution < 1.29 is 9.53 Å². The van der Waals surface area contributed by atoms with E-state index in [1.54, 1.807) is 14.0 Å². The largest absolute Gasteiger partial charge is 0.497 e. The summed E-state index contributed by atoms with van der Waals surface area (Å²) in [4.78, 5) is 20.7. The molecule has 5 N–H and O–H groups in total. The number of hydrazine groups is 1. The number of hydrogen-bond acceptors (Lipinski definition) is 7. The number of amides is 1. The number of carbonyl (C=O) groups is 1. The van der Waals surface area contributed by atoms with Gasteiger partial charge in [-0.15, -0.1) is 5.10 Å². The number of aryl methyl sites for hydroxylation is 1. The number of benzene rings is 1. The van der Waals surface area contributed by atoms with Crippen molar-refractivity contribution in [1.82, 2.24) is 20.4 Å². The molecule has 0 atom stereocenters. The van der Waals surface area contributed by atoms with E-state index in [9.17, 15) is 4.79 Å². The average molecular weight is 343 g/mol. The van der Waals surface area contributed by atoms with Gasteiger partial charge in [-0.25, -0.2) is 20.9 Å². The van der Waals surface area contributed by atoms with Crippen LogP contribution in [0.1, 0.15) is 27.6 Å². The number of hydrazone groups is 1. The molecule has 2 aromatic rings. The highest BCUT2D eigenvalue weighted by Crippen LogP contribution is 2.12. The standard InChI is InChI=1S/C16H21N7O2/c1-10-20-13(15(17)22-23(2)18)8-14(21-10)16(24)19-9-11-5-4-6-12(7-11)25-3/h4-8H,9,18H2,1-3H3,(H2,17,22)(H,19,24). The Balaban J connectivity index is 2.14. The summed E-state index contributed by atoms with van der Waals surface area (Å²) in [5, 5.41) is 7.74. The predicted octanol–water partition coefficient (Wildman–Crippen LogP) is 0.149. The van der Waals surface area contributed by atoms with E-state index < -0.39 is 0 Å². The Kier molecular flexibility index (Phi) is 5.85. The molecule has 9 heteroatoms. The third-order valence-electron chi connectivity index (χ3n) is 3.19. The van der Waals surface area contributed by atoms with Crippen LogP contribution in [0.4, 0.5) is 0 Å². The number of aromatic nitrogens is 2. The molecular weight excluding hydrogens is 322 g/mol. The molecule has 0 radical (unpaired) electrons. The molecule has 1 aromatic carbocycles. The van der Waals surface area contributed by atoms with Gasteiger partial charge in [-0.3, -0.25) is 4.79 Å². The highest BCUT2D eigenvalue weighted by Gasteiger charge is 2.12. The van der Waals surface area contributed by atoms with Crippen molar-refractivity contribution in [3.8, 4) is 5.75 Å². The number of rotatable bonds is 6. The number of nitrogens with two attached hydrogens (primary N) is 2. The fourth-order valence-electron chi connectivity index (χ4n) is 2.09. The molecule has 1 amide bonds. The van der Waals surface area contributed by atoms with Crippen molar-refractivity contribution in [2.45, 2.75) is 13.5 Å². The van der Waals surface area contributed by atoms with E-state index in [0.717, 1.165) is 16.4 Å². The van der Waals surface area contributed by atoms with Gasteiger partial charge in [0.2, 0.25) is 0 Å². The number of methoxy groups -OCH3 is 1. The molecule has 0 bridgehead atoms. The molecule has 0 aliphatic rings. The Hall–Kier alpha value is -3.20. The molecular formula is C16H21N7O2. The van der Waals surface area contributed by atoms with Gasteiger partial charge in [-0.1, -0.05) is 12.1 Å². The minimum atomic E-state index is -0.344. The summed E-state index contributed by atoms with van der Waals surface area (Å²) < 4.78 is 5.16. The van der Waals surface area contributed by atoms with Crippen LogP contribution < -0.4 is 21.6 Å². The third-order valence-corrected chi connectivity index (χ3v) is 3.19. The van der Waals surface area contributed by atoms with Crippen molar-refractivity contribution >= 4 is 11.7 Å². The van der Waals surface area contributed by atoms with Gasteiger partial charge in [0.25, 0.3) is 5.91 Å². The molecule has 9 nitrogen and oxygen atoms in total. The van der Waals surface area contributed by atoms with E-state index in [0.29, 0.717) is 18.1 Å². The maximum atomic E-state index is 12.4. The second-order valence-electron chi connectivity index (χ2n) is 5.28. The highest BCUT2D eigenvalue weighted by molar-refractivity contribution is 5.99. The first-order chi connectivity index (χ1) is 11.9. The van der Waals surface area contributed by atoms with Crippen molar-refractivity contribution in [2.24, 2.45) is 16.7 Å². The Morgan fingerprint density at radius 2 is 2.04 bits per heavy atom. The molecule has 0 saturated carbocycles. The maximum Gasteiger partial charge on any atom is 0.270 e. The van der Waals surface area contributed by atoms with Gasteiger partial charge in [0.05, 0.1) is 7.11 Å². The first kappa shape index (κ1) is 18.1. The fraction of sp³-hybridized carbons (Fsp3) is 0.250. The van der Waals surface area contributed by atoms with Gasteiger partial charge in [-0.2, -0.15) is 0 Å². The van der Waals surface area contributed by atoms with Gasteiger partial charge in [-0.05, 0) is 30.7 Å². The molecule has 1 heterocycles. The minimum absolute atomic E-state index is 0.0948. The normalized spacial score (nSPS) is 11.1. The van der Waals surface area contributed by atoms with Crippen molar-refractivity contribution in [3.05, 3.63) is 53.1 Å². The SMILES string of the molecule is COc1cccc(CNC(=O)c2cc(/C(N)=N/N(C)N)nc(C)n2)c1. The van der Waals surface area contributed by atoms with Gasteiger partial charge < -0.3 is 15.8 Å². The van der Waals surface area contributed by atoms with Crippen LogP contribution >= 0.6 is 0 Å². The second kappa shape index (κ2) is 8.06. The van der Waals surface area contributed by atoms with Crippen molar-refractivity contribution in [3.63, 3.8) is 0 Å². The monoisotopic (exact) mass is 343 g/mol. The summed E-state index contributed by atoms with van der Waals surface area (Å²) >= 11 is 0. The van der Waals surface area contributed by atoms with Crippen molar-refractivity contribution in [2.75, 3.05) is 14.2 Å². The Morgan fingerprint density at radius 3 is 2.72 bits per heavy atom. The molecule has 0 spiro atoms. The Labute approximate surface area is 145 Å². The summed E-state index contributed by atoms with van der Waals surface area (Å²) in [5.41, 5.74) is 7.26. The molecule has 0 saturated heterocycles. The minimum Gasteiger partial charge on any atom is -0.497 e. The van der Waals surface area contributed by atoms with Crippen molar-refractivity contribution in [1.29, 1.82) is 0 Å². The molecule has 132 valence electrons. The number of hydrogen-bond donors (Lipinski definition) is 3. The first-order valence-electron chi connectivity index (χ1n) is 7.48. The Morgan fingerprint density at radius 1 is 1.32 bits per heavy atom. The van der Waals surface area contributed by atoms with Crippen LogP contribution in [-0.2, 0) is 6.54 Å². The summed E-state index contributed by atoms with van der Waals surface area (Å²) in [7, 11) is 3.12. The first-order valence-corrected chi connectivity index (χ1v) is 7.48. The maximum absolute atomic E-state index is 12.4. The van der Waals surface area contributed by atoms with Gasteiger partial charge in [0.15, 0.2) is 5.84 Å². The van der Waals surface area contributed by atoms with E-state index in [1.807, 2.05) is 24.3 Å². The lowest BCUT2D eigenvalue weighted by molar-refractivity contribution is 0.0945. The van der Waals surface area contributed by atoms with Gasteiger partial charge in [0.1, 0.15) is 23.0 Å². The third kappa shape index (κ3) is 5.15. The second-order valence-corrected chi connectivity index (χ2v) is 5.28. The summed E-state index contributed by atoms with van der Waals surface area (Å²) in [6.07, 6.45) is 0. The summed E-state index contributed by atoms with van der Waals surface area (Å²) in [5.74, 6) is 6.31. The van der Waals surface area contributed by atoms with Gasteiger partial charge >= 0.3 is 0 Å². The van der Waals surface area contributed by atoms with Crippen LogP contribution in [0.2, 0.25) is 0 Å². The molecule has 0 fully saturated rings. The zero-order valence-corrected chi connectivity index (χ0v) is 14.4. The zero-order chi connectivity index (χ0) is 18.4. The van der Waals surface area contributed by atoms with Gasteiger partial charge in [0, 0.05) is 13.6 Å². The van der Waals surface area contributed by atoms with E-state index >= 15 is 0 Å². The summed E-state index contributed by atoms with van der Waals surface area (Å²) in [6.45, 7) is 2.01. The zero-order valence-electron chi connectivity index (χ0n) is 14.4. The van der Waals surface area contributed by atoms with E-state index in [1.165, 1.54) is 13.1 Å². The molecule has 0 aliphatic carbocycles. The van der Waals surface area contributed by atoms with Crippen LogP contribution in [-0.4, -0.2) is 41.0 Å². The van der Waals surface area contributed by atoms with E-state index in [2.05, 4.69) is 20.4 Å². The number of carbonyl (C=O) groups excluding carboxylic acids is 1. The molecule has 25 heavy (non-hydrogen) atoms. The van der Waals surface area contributed by atoms with Crippen LogP contribution in [0.5, 0.6) is 5.75 Å². The Bertz CT molecular complexity index is 790. The number of nitrogens with zero attached hydrogens (tertiary/aromatic N) is 4. The van der Waals surface area contributed by atoms with Crippen LogP contribution in [0.3, 0.4) is 0 Å². The smallest absolute Gasteiger partial charge is 0.270 e. The van der Waals surface area contributed by atoms with E-state index in [-0.39, 0.29) is 17.4 Å². The average Bonchev–Trinajstić information content (AvgIpc) is 2.58.